The molecule has 0 aliphatic rings. The third-order valence-electron chi connectivity index (χ3n) is 3.86. The fraction of sp³-hybridized carbons (Fsp3) is 0.444. The van der Waals surface area contributed by atoms with E-state index in [1.54, 1.807) is 39.8 Å². The Hall–Kier alpha value is -2.42. The molecule has 0 spiro atoms. The Morgan fingerprint density at radius 3 is 2.52 bits per heavy atom. The highest BCUT2D eigenvalue weighted by Crippen LogP contribution is 2.24. The number of halogens is 1. The van der Waals surface area contributed by atoms with Crippen LogP contribution in [0.25, 0.3) is 10.9 Å². The summed E-state index contributed by atoms with van der Waals surface area (Å²) in [6.07, 6.45) is -0.0424. The van der Waals surface area contributed by atoms with Crippen LogP contribution >= 0.6 is 15.9 Å². The molecule has 1 aromatic heterocycles. The minimum absolute atomic E-state index is 0.0224. The monoisotopic (exact) mass is 438 g/mol. The molecule has 0 saturated heterocycles. The van der Waals surface area contributed by atoms with E-state index >= 15 is 0 Å². The molecule has 2 rings (SSSR count). The smallest absolute Gasteiger partial charge is 0.306 e. The van der Waals surface area contributed by atoms with Crippen LogP contribution in [0.4, 0.5) is 5.69 Å². The number of ether oxygens (including phenoxy) is 1. The van der Waals surface area contributed by atoms with E-state index in [1.807, 2.05) is 0 Å². The van der Waals surface area contributed by atoms with Crippen molar-refractivity contribution >= 4 is 44.4 Å². The average Bonchev–Trinajstić information content (AvgIpc) is 2.46. The molecule has 1 atom stereocenters. The summed E-state index contributed by atoms with van der Waals surface area (Å²) in [5.74, 6) is -0.907. The van der Waals surface area contributed by atoms with E-state index in [-0.39, 0.29) is 23.9 Å². The van der Waals surface area contributed by atoms with Crippen molar-refractivity contribution in [2.24, 2.45) is 5.73 Å². The van der Waals surface area contributed by atoms with Crippen molar-refractivity contribution in [2.45, 2.75) is 52.2 Å². The van der Waals surface area contributed by atoms with Crippen molar-refractivity contribution in [3.8, 4) is 0 Å². The zero-order chi connectivity index (χ0) is 20.5. The lowest BCUT2D eigenvalue weighted by Gasteiger charge is -2.22. The summed E-state index contributed by atoms with van der Waals surface area (Å²) in [6.45, 7) is 6.85. The van der Waals surface area contributed by atoms with Crippen LogP contribution in [0.1, 0.15) is 45.5 Å². The minimum Gasteiger partial charge on any atom is -0.460 e. The van der Waals surface area contributed by atoms with Gasteiger partial charge in [-0.1, -0.05) is 15.9 Å². The number of aromatic nitrogens is 2. The first-order valence-corrected chi connectivity index (χ1v) is 9.19. The number of hydrogen-bond donors (Lipinski definition) is 2. The van der Waals surface area contributed by atoms with Crippen molar-refractivity contribution in [2.75, 3.05) is 5.73 Å². The molecule has 0 radical (unpaired) electrons. The number of hydrogen-bond acceptors (Lipinski definition) is 6. The van der Waals surface area contributed by atoms with Crippen molar-refractivity contribution in [1.82, 2.24) is 9.55 Å². The van der Waals surface area contributed by atoms with Crippen LogP contribution in [0.15, 0.2) is 21.4 Å². The van der Waals surface area contributed by atoms with E-state index in [0.29, 0.717) is 15.8 Å². The molecule has 146 valence electrons. The van der Waals surface area contributed by atoms with Crippen molar-refractivity contribution in [3.63, 3.8) is 0 Å². The van der Waals surface area contributed by atoms with Crippen LogP contribution in [0.2, 0.25) is 0 Å². The first-order chi connectivity index (χ1) is 12.4. The number of nitrogen functional groups attached to an aromatic ring is 1. The number of carbonyl (C=O) groups excluding carboxylic acids is 2. The lowest BCUT2D eigenvalue weighted by molar-refractivity contribution is -0.155. The Morgan fingerprint density at radius 1 is 1.33 bits per heavy atom. The molecule has 0 fully saturated rings. The van der Waals surface area contributed by atoms with Gasteiger partial charge in [0, 0.05) is 16.6 Å². The molecule has 1 amide bonds. The van der Waals surface area contributed by atoms with Crippen molar-refractivity contribution in [3.05, 3.63) is 32.8 Å². The molecule has 0 bridgehead atoms. The highest BCUT2D eigenvalue weighted by atomic mass is 79.9. The zero-order valence-electron chi connectivity index (χ0n) is 15.7. The third-order valence-corrected chi connectivity index (χ3v) is 4.32. The molecular weight excluding hydrogens is 416 g/mol. The summed E-state index contributed by atoms with van der Waals surface area (Å²) >= 11 is 3.31. The average molecular weight is 439 g/mol. The summed E-state index contributed by atoms with van der Waals surface area (Å²) in [7, 11) is 0. The van der Waals surface area contributed by atoms with Gasteiger partial charge in [-0.05, 0) is 46.2 Å². The number of amides is 1. The number of nitrogens with zero attached hydrogens (tertiary/aromatic N) is 2. The molecule has 1 heterocycles. The van der Waals surface area contributed by atoms with Gasteiger partial charge >= 0.3 is 5.97 Å². The van der Waals surface area contributed by atoms with Gasteiger partial charge in [-0.25, -0.2) is 4.98 Å². The number of esters is 1. The Balaban J connectivity index is 2.46. The molecule has 1 aromatic carbocycles. The lowest BCUT2D eigenvalue weighted by atomic mass is 10.1. The topological polar surface area (TPSA) is 130 Å². The molecule has 0 aliphatic heterocycles. The fourth-order valence-corrected chi connectivity index (χ4v) is 3.31. The van der Waals surface area contributed by atoms with Gasteiger partial charge < -0.3 is 16.2 Å². The number of benzene rings is 1. The molecule has 0 saturated carbocycles. The molecule has 4 N–H and O–H groups in total. The maximum absolute atomic E-state index is 13.0. The normalized spacial score (nSPS) is 12.8. The van der Waals surface area contributed by atoms with Crippen LogP contribution < -0.4 is 17.0 Å². The van der Waals surface area contributed by atoms with Gasteiger partial charge in [-0.15, -0.1) is 0 Å². The van der Waals surface area contributed by atoms with Gasteiger partial charge in [0.1, 0.15) is 17.5 Å². The van der Waals surface area contributed by atoms with Gasteiger partial charge in [0.25, 0.3) is 5.56 Å². The largest absolute Gasteiger partial charge is 0.460 e. The van der Waals surface area contributed by atoms with Crippen LogP contribution in [-0.4, -0.2) is 27.0 Å². The SMILES string of the molecule is Cc1nc2cc(Br)cc(N)c2c(=O)n1C(CCC(=O)OC(C)(C)C)C(N)=O. The fourth-order valence-electron chi connectivity index (χ4n) is 2.84. The second kappa shape index (κ2) is 7.67. The minimum atomic E-state index is -1.04. The van der Waals surface area contributed by atoms with E-state index in [0.717, 1.165) is 0 Å². The van der Waals surface area contributed by atoms with E-state index < -0.39 is 29.1 Å². The van der Waals surface area contributed by atoms with Crippen LogP contribution in [0.5, 0.6) is 0 Å². The lowest BCUT2D eigenvalue weighted by Crippen LogP contribution is -2.36. The van der Waals surface area contributed by atoms with Crippen LogP contribution in [0, 0.1) is 6.92 Å². The maximum atomic E-state index is 13.0. The summed E-state index contributed by atoms with van der Waals surface area (Å²) in [5.41, 5.74) is 11.0. The second-order valence-electron chi connectivity index (χ2n) is 7.27. The molecule has 0 aliphatic carbocycles. The number of fused-ring (bicyclic) bond motifs is 1. The molecule has 8 nitrogen and oxygen atoms in total. The van der Waals surface area contributed by atoms with Crippen molar-refractivity contribution in [1.29, 1.82) is 0 Å². The molecule has 1 unspecified atom stereocenters. The number of anilines is 1. The van der Waals surface area contributed by atoms with Crippen molar-refractivity contribution < 1.29 is 14.3 Å². The number of aryl methyl sites for hydroxylation is 1. The number of nitrogens with two attached hydrogens (primary N) is 2. The third kappa shape index (κ3) is 4.85. The molecular formula is C18H23BrN4O4. The molecule has 2 aromatic rings. The van der Waals surface area contributed by atoms with Gasteiger partial charge in [-0.2, -0.15) is 0 Å². The maximum Gasteiger partial charge on any atom is 0.306 e. The van der Waals surface area contributed by atoms with Gasteiger partial charge in [0.05, 0.1) is 10.9 Å². The van der Waals surface area contributed by atoms with E-state index in [2.05, 4.69) is 20.9 Å². The Bertz CT molecular complexity index is 962. The van der Waals surface area contributed by atoms with E-state index in [9.17, 15) is 14.4 Å². The molecule has 27 heavy (non-hydrogen) atoms. The number of rotatable bonds is 5. The quantitative estimate of drug-likeness (QED) is 0.543. The second-order valence-corrected chi connectivity index (χ2v) is 8.18. The predicted octanol–water partition coefficient (Wildman–Crippen LogP) is 2.20. The van der Waals surface area contributed by atoms with E-state index in [4.69, 9.17) is 16.2 Å². The highest BCUT2D eigenvalue weighted by molar-refractivity contribution is 9.10. The molecule has 9 heteroatoms. The van der Waals surface area contributed by atoms with Crippen LogP contribution in [-0.2, 0) is 14.3 Å². The van der Waals surface area contributed by atoms with Crippen LogP contribution in [0.3, 0.4) is 0 Å². The standard InChI is InChI=1S/C18H23BrN4O4/c1-9-22-12-8-10(19)7-11(20)15(12)17(26)23(9)13(16(21)25)5-6-14(24)27-18(2,3)4/h7-8,13H,5-6,20H2,1-4H3,(H2,21,25). The summed E-state index contributed by atoms with van der Waals surface area (Å²) in [4.78, 5) is 41.4. The summed E-state index contributed by atoms with van der Waals surface area (Å²) in [5, 5.41) is 0.201. The Kier molecular flexibility index (Phi) is 5.94. The van der Waals surface area contributed by atoms with Gasteiger partial charge in [-0.3, -0.25) is 19.0 Å². The summed E-state index contributed by atoms with van der Waals surface area (Å²) < 4.78 is 7.13. The van der Waals surface area contributed by atoms with Gasteiger partial charge in [0.15, 0.2) is 0 Å². The predicted molar refractivity (Wildman–Crippen MR) is 106 cm³/mol. The highest BCUT2D eigenvalue weighted by Gasteiger charge is 2.25. The first-order valence-electron chi connectivity index (χ1n) is 8.39. The Morgan fingerprint density at radius 2 is 1.96 bits per heavy atom. The van der Waals surface area contributed by atoms with E-state index in [1.165, 1.54) is 4.57 Å². The first kappa shape index (κ1) is 20.9. The number of primary amides is 1. The number of carbonyl (C=O) groups is 2. The summed E-state index contributed by atoms with van der Waals surface area (Å²) in [6, 6.07) is 2.22. The van der Waals surface area contributed by atoms with Gasteiger partial charge in [0.2, 0.25) is 5.91 Å². The zero-order valence-corrected chi connectivity index (χ0v) is 17.3. The Labute approximate surface area is 165 Å².